The quantitative estimate of drug-likeness (QED) is 0.179. The fourth-order valence-electron chi connectivity index (χ4n) is 7.72. The molecule has 0 spiro atoms. The Kier molecular flexibility index (Phi) is 11.0. The molecule has 3 aliphatic rings. The molecule has 2 bridgehead atoms. The van der Waals surface area contributed by atoms with Gasteiger partial charge in [0, 0.05) is 53.0 Å². The van der Waals surface area contributed by atoms with E-state index in [1.807, 2.05) is 18.2 Å². The van der Waals surface area contributed by atoms with Crippen molar-refractivity contribution in [2.24, 2.45) is 17.6 Å². The Morgan fingerprint density at radius 2 is 1.62 bits per heavy atom. The van der Waals surface area contributed by atoms with E-state index in [0.29, 0.717) is 5.92 Å². The predicted octanol–water partition coefficient (Wildman–Crippen LogP) is 11.2. The maximum Gasteiger partial charge on any atom is 0.0490 e. The van der Waals surface area contributed by atoms with E-state index in [-0.39, 0.29) is 5.92 Å². The minimum atomic E-state index is 0.178. The van der Waals surface area contributed by atoms with Crippen molar-refractivity contribution in [1.29, 1.82) is 0 Å². The number of fused-ring (bicyclic) bond motifs is 4. The molecule has 2 heterocycles. The minimum Gasteiger partial charge on any atom is -0.398 e. The fourth-order valence-corrected chi connectivity index (χ4v) is 7.72. The zero-order valence-electron chi connectivity index (χ0n) is 30.2. The van der Waals surface area contributed by atoms with Crippen LogP contribution >= 0.6 is 0 Å². The molecule has 2 aliphatic heterocycles. The Bertz CT molecular complexity index is 2080. The van der Waals surface area contributed by atoms with Crippen LogP contribution in [0.15, 0.2) is 194 Å². The first-order valence-corrected chi connectivity index (χ1v) is 18.6. The van der Waals surface area contributed by atoms with Gasteiger partial charge < -0.3 is 15.5 Å². The predicted molar refractivity (Wildman–Crippen MR) is 223 cm³/mol. The molecule has 2 atom stereocenters. The summed E-state index contributed by atoms with van der Waals surface area (Å²) >= 11 is 0. The summed E-state index contributed by atoms with van der Waals surface area (Å²) in [5.41, 5.74) is 20.0. The smallest absolute Gasteiger partial charge is 0.0490 e. The van der Waals surface area contributed by atoms with E-state index < -0.39 is 0 Å². The topological polar surface area (TPSA) is 32.5 Å². The van der Waals surface area contributed by atoms with Gasteiger partial charge in [-0.1, -0.05) is 152 Å². The van der Waals surface area contributed by atoms with E-state index in [4.69, 9.17) is 5.73 Å². The Labute approximate surface area is 310 Å². The molecule has 3 nitrogen and oxygen atoms in total. The highest BCUT2D eigenvalue weighted by Crippen LogP contribution is 2.42. The van der Waals surface area contributed by atoms with Crippen molar-refractivity contribution in [3.8, 4) is 0 Å². The lowest BCUT2D eigenvalue weighted by atomic mass is 9.87. The standard InChI is InChI=1S/C49H49N3/c1-3-48-45(37(2)17-8-7-15-32-51(48)43-24-13-6-14-25-43)30-27-39-28-31-46-42-23-16-20-40(33-42)36-52(49(46)34-39)44(29-26-38-18-9-4-10-19-38)35-47(50)41-21-11-5-12-22-41/h3-25,28-29,31,34-35,40,45H,2,26-27,30,32-33,36,50H2,1H3/b15-7-,17-8-,44-29+,47-35-,48-3+. The molecular formula is C49H49N3. The first-order chi connectivity index (χ1) is 25.6. The number of aryl methyl sites for hydroxylation is 1. The maximum atomic E-state index is 6.87. The SMILES string of the molecule is C=C1/C=C\C=C/CN(c2ccccc2)/C(=C/C)C1CCc1ccc2c(c1)N(C(/C=C(\N)c1ccccc1)=C/Cc1ccccc1)CC1C=CC=C2C1. The van der Waals surface area contributed by atoms with Crippen molar-refractivity contribution in [1.82, 2.24) is 0 Å². The second-order valence-corrected chi connectivity index (χ2v) is 13.9. The van der Waals surface area contributed by atoms with Crippen molar-refractivity contribution < 1.29 is 0 Å². The number of para-hydroxylation sites is 1. The van der Waals surface area contributed by atoms with Crippen molar-refractivity contribution >= 4 is 22.6 Å². The summed E-state index contributed by atoms with van der Waals surface area (Å²) in [6.45, 7) is 8.45. The van der Waals surface area contributed by atoms with Crippen LogP contribution in [-0.2, 0) is 12.8 Å². The number of anilines is 2. The van der Waals surface area contributed by atoms with E-state index in [0.717, 1.165) is 61.3 Å². The van der Waals surface area contributed by atoms with Crippen molar-refractivity contribution in [2.45, 2.75) is 32.6 Å². The van der Waals surface area contributed by atoms with Gasteiger partial charge in [-0.2, -0.15) is 0 Å². The molecule has 2 N–H and O–H groups in total. The Balaban J connectivity index is 1.25. The largest absolute Gasteiger partial charge is 0.398 e. The third kappa shape index (κ3) is 8.05. The van der Waals surface area contributed by atoms with Gasteiger partial charge in [-0.3, -0.25) is 0 Å². The first kappa shape index (κ1) is 34.6. The average Bonchev–Trinajstić information content (AvgIpc) is 3.23. The number of hydrogen-bond donors (Lipinski definition) is 1. The van der Waals surface area contributed by atoms with Crippen LogP contribution in [0, 0.1) is 11.8 Å². The van der Waals surface area contributed by atoms with Gasteiger partial charge in [-0.15, -0.1) is 0 Å². The zero-order chi connectivity index (χ0) is 35.7. The third-order valence-corrected chi connectivity index (χ3v) is 10.4. The molecule has 0 aromatic heterocycles. The second-order valence-electron chi connectivity index (χ2n) is 13.9. The second kappa shape index (κ2) is 16.5. The molecule has 4 aromatic rings. The van der Waals surface area contributed by atoms with Crippen LogP contribution in [0.1, 0.15) is 42.0 Å². The van der Waals surface area contributed by atoms with Gasteiger partial charge in [0.1, 0.15) is 0 Å². The molecule has 0 amide bonds. The fraction of sp³-hybridized carbons (Fsp3) is 0.184. The summed E-state index contributed by atoms with van der Waals surface area (Å²) in [5.74, 6) is 0.587. The van der Waals surface area contributed by atoms with Crippen LogP contribution in [-0.4, -0.2) is 13.1 Å². The van der Waals surface area contributed by atoms with Crippen LogP contribution in [0.5, 0.6) is 0 Å². The number of rotatable bonds is 9. The van der Waals surface area contributed by atoms with Gasteiger partial charge in [0.15, 0.2) is 0 Å². The van der Waals surface area contributed by atoms with Crippen molar-refractivity contribution in [3.63, 3.8) is 0 Å². The Morgan fingerprint density at radius 1 is 0.865 bits per heavy atom. The van der Waals surface area contributed by atoms with Crippen LogP contribution in [0.3, 0.4) is 0 Å². The molecule has 260 valence electrons. The average molecular weight is 680 g/mol. The van der Waals surface area contributed by atoms with Crippen LogP contribution in [0.4, 0.5) is 11.4 Å². The number of allylic oxidation sites excluding steroid dienone is 10. The van der Waals surface area contributed by atoms with Gasteiger partial charge >= 0.3 is 0 Å². The number of hydrogen-bond acceptors (Lipinski definition) is 3. The van der Waals surface area contributed by atoms with E-state index in [1.54, 1.807) is 0 Å². The summed E-state index contributed by atoms with van der Waals surface area (Å²) in [6.07, 6.45) is 26.1. The number of benzene rings is 4. The van der Waals surface area contributed by atoms with Gasteiger partial charge in [-0.25, -0.2) is 0 Å². The highest BCUT2D eigenvalue weighted by atomic mass is 15.2. The lowest BCUT2D eigenvalue weighted by molar-refractivity contribution is 0.629. The lowest BCUT2D eigenvalue weighted by Crippen LogP contribution is -2.28. The van der Waals surface area contributed by atoms with Gasteiger partial charge in [0.2, 0.25) is 0 Å². The lowest BCUT2D eigenvalue weighted by Gasteiger charge is -2.32. The highest BCUT2D eigenvalue weighted by molar-refractivity contribution is 5.83. The molecule has 52 heavy (non-hydrogen) atoms. The first-order valence-electron chi connectivity index (χ1n) is 18.6. The molecule has 0 radical (unpaired) electrons. The number of nitrogens with two attached hydrogens (primary N) is 1. The molecule has 1 aliphatic carbocycles. The molecule has 4 aromatic carbocycles. The van der Waals surface area contributed by atoms with Gasteiger partial charge in [0.05, 0.1) is 0 Å². The van der Waals surface area contributed by atoms with E-state index >= 15 is 0 Å². The van der Waals surface area contributed by atoms with Crippen molar-refractivity contribution in [3.05, 3.63) is 216 Å². The Morgan fingerprint density at radius 3 is 2.38 bits per heavy atom. The summed E-state index contributed by atoms with van der Waals surface area (Å²) < 4.78 is 0. The molecule has 0 fully saturated rings. The highest BCUT2D eigenvalue weighted by Gasteiger charge is 2.28. The Hall–Kier alpha value is -5.80. The monoisotopic (exact) mass is 679 g/mol. The molecular weight excluding hydrogens is 631 g/mol. The number of nitrogens with zero attached hydrogens (tertiary/aromatic N) is 2. The van der Waals surface area contributed by atoms with E-state index in [1.165, 1.54) is 39.3 Å². The molecule has 2 unspecified atom stereocenters. The van der Waals surface area contributed by atoms with Gasteiger partial charge in [0.25, 0.3) is 0 Å². The van der Waals surface area contributed by atoms with E-state index in [2.05, 4.69) is 175 Å². The van der Waals surface area contributed by atoms with Crippen LogP contribution < -0.4 is 15.5 Å². The van der Waals surface area contributed by atoms with Crippen molar-refractivity contribution in [2.75, 3.05) is 22.9 Å². The van der Waals surface area contributed by atoms with Crippen LogP contribution in [0.2, 0.25) is 0 Å². The summed E-state index contributed by atoms with van der Waals surface area (Å²) in [6, 6.07) is 38.9. The minimum absolute atomic E-state index is 0.178. The summed E-state index contributed by atoms with van der Waals surface area (Å²) in [4.78, 5) is 4.96. The zero-order valence-corrected chi connectivity index (χ0v) is 30.2. The molecule has 3 heteroatoms. The summed E-state index contributed by atoms with van der Waals surface area (Å²) in [5, 5.41) is 0. The molecule has 0 saturated heterocycles. The maximum absolute atomic E-state index is 6.87. The molecule has 7 rings (SSSR count). The van der Waals surface area contributed by atoms with Crippen LogP contribution in [0.25, 0.3) is 11.3 Å². The molecule has 0 saturated carbocycles. The normalized spacial score (nSPS) is 21.1. The van der Waals surface area contributed by atoms with E-state index in [9.17, 15) is 0 Å². The summed E-state index contributed by atoms with van der Waals surface area (Å²) in [7, 11) is 0. The van der Waals surface area contributed by atoms with Gasteiger partial charge in [-0.05, 0) is 90.6 Å². The third-order valence-electron chi connectivity index (χ3n) is 10.4.